The van der Waals surface area contributed by atoms with Gasteiger partial charge in [-0.15, -0.1) is 0 Å². The molecule has 0 bridgehead atoms. The Balaban J connectivity index is 1.62. The molecule has 122 valence electrons. The molecule has 0 aromatic rings. The van der Waals surface area contributed by atoms with Crippen molar-refractivity contribution < 1.29 is 0 Å². The van der Waals surface area contributed by atoms with Crippen LogP contribution in [0.15, 0.2) is 0 Å². The van der Waals surface area contributed by atoms with E-state index in [1.54, 1.807) is 0 Å². The van der Waals surface area contributed by atoms with Crippen LogP contribution in [-0.4, -0.2) is 60.6 Å². The Morgan fingerprint density at radius 3 is 2.76 bits per heavy atom. The molecule has 3 heteroatoms. The van der Waals surface area contributed by atoms with Crippen LogP contribution < -0.4 is 5.32 Å². The van der Waals surface area contributed by atoms with Gasteiger partial charge in [-0.05, 0) is 57.0 Å². The van der Waals surface area contributed by atoms with E-state index in [4.69, 9.17) is 0 Å². The summed E-state index contributed by atoms with van der Waals surface area (Å²) in [5, 5.41) is 3.80. The molecule has 2 heterocycles. The Hall–Kier alpha value is -0.120. The van der Waals surface area contributed by atoms with Gasteiger partial charge < -0.3 is 5.32 Å². The van der Waals surface area contributed by atoms with E-state index < -0.39 is 0 Å². The van der Waals surface area contributed by atoms with Gasteiger partial charge in [-0.3, -0.25) is 9.80 Å². The molecule has 3 aliphatic rings. The molecule has 2 aliphatic heterocycles. The van der Waals surface area contributed by atoms with Crippen molar-refractivity contribution in [3.05, 3.63) is 0 Å². The maximum atomic E-state index is 3.80. The third-order valence-corrected chi connectivity index (χ3v) is 6.43. The Morgan fingerprint density at radius 1 is 1.19 bits per heavy atom. The zero-order valence-electron chi connectivity index (χ0n) is 14.6. The average Bonchev–Trinajstić information content (AvgIpc) is 2.98. The van der Waals surface area contributed by atoms with Crippen molar-refractivity contribution in [3.8, 4) is 0 Å². The van der Waals surface area contributed by atoms with Crippen molar-refractivity contribution in [3.63, 3.8) is 0 Å². The summed E-state index contributed by atoms with van der Waals surface area (Å²) >= 11 is 0. The van der Waals surface area contributed by atoms with Crippen LogP contribution in [0.1, 0.15) is 53.4 Å². The predicted octanol–water partition coefficient (Wildman–Crippen LogP) is 2.57. The summed E-state index contributed by atoms with van der Waals surface area (Å²) in [7, 11) is 0. The second-order valence-electron chi connectivity index (χ2n) is 8.42. The molecule has 3 rings (SSSR count). The van der Waals surface area contributed by atoms with Gasteiger partial charge in [-0.2, -0.15) is 0 Å². The zero-order valence-corrected chi connectivity index (χ0v) is 14.6. The first kappa shape index (κ1) is 15.8. The third kappa shape index (κ3) is 3.16. The first-order chi connectivity index (χ1) is 10.0. The molecule has 4 unspecified atom stereocenters. The molecule has 0 aromatic heterocycles. The van der Waals surface area contributed by atoms with Crippen LogP contribution in [-0.2, 0) is 0 Å². The molecule has 0 radical (unpaired) electrons. The van der Waals surface area contributed by atoms with Gasteiger partial charge in [-0.1, -0.05) is 20.8 Å². The van der Waals surface area contributed by atoms with Crippen LogP contribution in [0, 0.1) is 11.3 Å². The molecule has 3 fully saturated rings. The number of fused-ring (bicyclic) bond motifs is 1. The van der Waals surface area contributed by atoms with Gasteiger partial charge in [0.15, 0.2) is 0 Å². The molecule has 21 heavy (non-hydrogen) atoms. The second-order valence-corrected chi connectivity index (χ2v) is 8.42. The monoisotopic (exact) mass is 293 g/mol. The molecule has 0 spiro atoms. The van der Waals surface area contributed by atoms with Crippen LogP contribution >= 0.6 is 0 Å². The molecule has 1 aliphatic carbocycles. The number of hydrogen-bond donors (Lipinski definition) is 1. The van der Waals surface area contributed by atoms with Gasteiger partial charge in [0.25, 0.3) is 0 Å². The average molecular weight is 293 g/mol. The van der Waals surface area contributed by atoms with Crippen LogP contribution in [0.25, 0.3) is 0 Å². The fourth-order valence-electron chi connectivity index (χ4n) is 5.18. The highest BCUT2D eigenvalue weighted by molar-refractivity contribution is 4.99. The third-order valence-electron chi connectivity index (χ3n) is 6.43. The second kappa shape index (κ2) is 6.17. The number of nitrogens with one attached hydrogen (secondary N) is 1. The molecule has 0 amide bonds. The van der Waals surface area contributed by atoms with E-state index in [0.29, 0.717) is 11.5 Å². The van der Waals surface area contributed by atoms with Crippen LogP contribution in [0.3, 0.4) is 0 Å². The SMILES string of the molecule is CCNC1C(CN2CC3CCCN3CC2C)CCC1(C)C. The van der Waals surface area contributed by atoms with E-state index in [9.17, 15) is 0 Å². The summed E-state index contributed by atoms with van der Waals surface area (Å²) < 4.78 is 0. The lowest BCUT2D eigenvalue weighted by Crippen LogP contribution is -2.57. The van der Waals surface area contributed by atoms with Gasteiger partial charge in [-0.25, -0.2) is 0 Å². The summed E-state index contributed by atoms with van der Waals surface area (Å²) in [6.07, 6.45) is 5.63. The fraction of sp³-hybridized carbons (Fsp3) is 1.00. The molecule has 0 aromatic carbocycles. The Labute approximate surface area is 131 Å². The van der Waals surface area contributed by atoms with Gasteiger partial charge in [0, 0.05) is 37.8 Å². The first-order valence-corrected chi connectivity index (χ1v) is 9.22. The van der Waals surface area contributed by atoms with Gasteiger partial charge >= 0.3 is 0 Å². The van der Waals surface area contributed by atoms with Crippen molar-refractivity contribution in [1.82, 2.24) is 15.1 Å². The highest BCUT2D eigenvalue weighted by Gasteiger charge is 2.43. The van der Waals surface area contributed by atoms with Crippen molar-refractivity contribution >= 4 is 0 Å². The van der Waals surface area contributed by atoms with Crippen molar-refractivity contribution in [2.45, 2.75) is 71.5 Å². The maximum Gasteiger partial charge on any atom is 0.0224 e. The lowest BCUT2D eigenvalue weighted by Gasteiger charge is -2.44. The van der Waals surface area contributed by atoms with Gasteiger partial charge in [0.1, 0.15) is 0 Å². The standard InChI is InChI=1S/C18H35N3/c1-5-19-17-15(8-9-18(17,3)4)12-21-13-16-7-6-10-20(16)11-14(21)2/h14-17,19H,5-13H2,1-4H3. The Bertz CT molecular complexity index is 354. The topological polar surface area (TPSA) is 18.5 Å². The van der Waals surface area contributed by atoms with E-state index >= 15 is 0 Å². The summed E-state index contributed by atoms with van der Waals surface area (Å²) in [5.41, 5.74) is 0.471. The quantitative estimate of drug-likeness (QED) is 0.859. The van der Waals surface area contributed by atoms with Gasteiger partial charge in [0.05, 0.1) is 0 Å². The molecule has 3 nitrogen and oxygen atoms in total. The van der Waals surface area contributed by atoms with E-state index in [2.05, 4.69) is 42.8 Å². The summed E-state index contributed by atoms with van der Waals surface area (Å²) in [4.78, 5) is 5.55. The smallest absolute Gasteiger partial charge is 0.0224 e. The highest BCUT2D eigenvalue weighted by Crippen LogP contribution is 2.42. The maximum absolute atomic E-state index is 3.80. The lowest BCUT2D eigenvalue weighted by atomic mass is 9.84. The highest BCUT2D eigenvalue weighted by atomic mass is 15.3. The van der Waals surface area contributed by atoms with Crippen LogP contribution in [0.5, 0.6) is 0 Å². The summed E-state index contributed by atoms with van der Waals surface area (Å²) in [5.74, 6) is 0.843. The molecular formula is C18H35N3. The van der Waals surface area contributed by atoms with Crippen LogP contribution in [0.2, 0.25) is 0 Å². The molecule has 4 atom stereocenters. The van der Waals surface area contributed by atoms with E-state index in [-0.39, 0.29) is 0 Å². The van der Waals surface area contributed by atoms with Crippen molar-refractivity contribution in [2.75, 3.05) is 32.7 Å². The zero-order chi connectivity index (χ0) is 15.0. The van der Waals surface area contributed by atoms with Crippen molar-refractivity contribution in [2.24, 2.45) is 11.3 Å². The molecule has 1 N–H and O–H groups in total. The fourth-order valence-corrected chi connectivity index (χ4v) is 5.18. The van der Waals surface area contributed by atoms with E-state index in [1.165, 1.54) is 51.9 Å². The van der Waals surface area contributed by atoms with E-state index in [1.807, 2.05) is 0 Å². The van der Waals surface area contributed by atoms with Gasteiger partial charge in [0.2, 0.25) is 0 Å². The Kier molecular flexibility index (Phi) is 4.63. The summed E-state index contributed by atoms with van der Waals surface area (Å²) in [6.45, 7) is 16.0. The molecule has 2 saturated heterocycles. The minimum atomic E-state index is 0.471. The largest absolute Gasteiger partial charge is 0.313 e. The molecule has 1 saturated carbocycles. The van der Waals surface area contributed by atoms with E-state index in [0.717, 1.165) is 24.5 Å². The molecular weight excluding hydrogens is 258 g/mol. The number of hydrogen-bond acceptors (Lipinski definition) is 3. The number of nitrogens with zero attached hydrogens (tertiary/aromatic N) is 2. The first-order valence-electron chi connectivity index (χ1n) is 9.22. The van der Waals surface area contributed by atoms with Crippen LogP contribution in [0.4, 0.5) is 0 Å². The summed E-state index contributed by atoms with van der Waals surface area (Å²) in [6, 6.07) is 2.30. The lowest BCUT2D eigenvalue weighted by molar-refractivity contribution is 0.0431. The number of piperazine rings is 1. The predicted molar refractivity (Wildman–Crippen MR) is 89.6 cm³/mol. The minimum Gasteiger partial charge on any atom is -0.313 e. The van der Waals surface area contributed by atoms with Crippen molar-refractivity contribution in [1.29, 1.82) is 0 Å². The number of rotatable bonds is 4. The normalized spacial score (nSPS) is 40.6. The Morgan fingerprint density at radius 2 is 2.00 bits per heavy atom. The minimum absolute atomic E-state index is 0.471.